The number of aromatic nitrogens is 2. The number of nitrogens with one attached hydrogen (secondary N) is 1. The number of aliphatic carboxylic acids is 1. The van der Waals surface area contributed by atoms with E-state index in [1.165, 1.54) is 6.20 Å². The molecule has 7 nitrogen and oxygen atoms in total. The zero-order valence-corrected chi connectivity index (χ0v) is 13.1. The van der Waals surface area contributed by atoms with Crippen LogP contribution < -0.4 is 5.32 Å². The predicted molar refractivity (Wildman–Crippen MR) is 83.8 cm³/mol. The Kier molecular flexibility index (Phi) is 5.48. The van der Waals surface area contributed by atoms with Gasteiger partial charge in [0.05, 0.1) is 29.7 Å². The fraction of sp³-hybridized carbons (Fsp3) is 0.312. The van der Waals surface area contributed by atoms with E-state index in [0.29, 0.717) is 5.56 Å². The van der Waals surface area contributed by atoms with Crippen molar-refractivity contribution in [2.24, 2.45) is 0 Å². The molecule has 1 amide bonds. The summed E-state index contributed by atoms with van der Waals surface area (Å²) in [7, 11) is 0. The average Bonchev–Trinajstić information content (AvgIpc) is 2.88. The smallest absolute Gasteiger partial charge is 0.329 e. The Morgan fingerprint density at radius 3 is 2.83 bits per heavy atom. The monoisotopic (exact) mass is 317 g/mol. The summed E-state index contributed by atoms with van der Waals surface area (Å²) in [5, 5.41) is 15.4. The zero-order chi connectivity index (χ0) is 16.8. The van der Waals surface area contributed by atoms with Gasteiger partial charge in [-0.15, -0.1) is 0 Å². The van der Waals surface area contributed by atoms with Gasteiger partial charge in [-0.25, -0.2) is 9.48 Å². The van der Waals surface area contributed by atoms with E-state index in [0.717, 1.165) is 16.9 Å². The molecular weight excluding hydrogens is 298 g/mol. The van der Waals surface area contributed by atoms with E-state index >= 15 is 0 Å². The first-order chi connectivity index (χ1) is 11.0. The number of carbonyl (C=O) groups is 2. The van der Waals surface area contributed by atoms with Gasteiger partial charge in [0.2, 0.25) is 0 Å². The lowest BCUT2D eigenvalue weighted by atomic mass is 10.2. The van der Waals surface area contributed by atoms with Crippen molar-refractivity contribution in [3.63, 3.8) is 0 Å². The number of aryl methyl sites for hydroxylation is 1. The second-order valence-corrected chi connectivity index (χ2v) is 5.10. The fourth-order valence-corrected chi connectivity index (χ4v) is 2.14. The Labute approximate surface area is 133 Å². The summed E-state index contributed by atoms with van der Waals surface area (Å²) in [6.07, 6.45) is 1.52. The van der Waals surface area contributed by atoms with Crippen LogP contribution in [-0.4, -0.2) is 46.5 Å². The second-order valence-electron chi connectivity index (χ2n) is 5.10. The second kappa shape index (κ2) is 7.55. The topological polar surface area (TPSA) is 93.5 Å². The van der Waals surface area contributed by atoms with Crippen LogP contribution >= 0.6 is 0 Å². The molecular formula is C16H19N3O4. The number of ether oxygens (including phenoxy) is 1. The molecule has 1 heterocycles. The van der Waals surface area contributed by atoms with Crippen LogP contribution in [0.15, 0.2) is 30.5 Å². The first-order valence-electron chi connectivity index (χ1n) is 7.18. The number of nitrogens with zero attached hydrogens (tertiary/aromatic N) is 2. The molecule has 0 saturated carbocycles. The Bertz CT molecular complexity index is 709. The quantitative estimate of drug-likeness (QED) is 0.751. The molecule has 2 rings (SSSR count). The van der Waals surface area contributed by atoms with E-state index in [-0.39, 0.29) is 25.7 Å². The average molecular weight is 317 g/mol. The molecule has 2 N–H and O–H groups in total. The molecule has 0 unspecified atom stereocenters. The van der Waals surface area contributed by atoms with Crippen molar-refractivity contribution in [1.29, 1.82) is 0 Å². The molecule has 2 aromatic rings. The maximum absolute atomic E-state index is 12.1. The normalized spacial score (nSPS) is 10.5. The van der Waals surface area contributed by atoms with E-state index < -0.39 is 5.97 Å². The first kappa shape index (κ1) is 16.7. The number of hydrogen-bond donors (Lipinski definition) is 2. The molecule has 23 heavy (non-hydrogen) atoms. The fourth-order valence-electron chi connectivity index (χ4n) is 2.14. The third-order valence-electron chi connectivity index (χ3n) is 3.26. The minimum Gasteiger partial charge on any atom is -0.480 e. The maximum Gasteiger partial charge on any atom is 0.329 e. The van der Waals surface area contributed by atoms with Gasteiger partial charge in [-0.3, -0.25) is 4.79 Å². The number of amides is 1. The summed E-state index contributed by atoms with van der Waals surface area (Å²) in [6.45, 7) is 3.82. The van der Waals surface area contributed by atoms with Gasteiger partial charge >= 0.3 is 5.97 Å². The van der Waals surface area contributed by atoms with Crippen molar-refractivity contribution in [3.05, 3.63) is 47.3 Å². The van der Waals surface area contributed by atoms with E-state index in [1.54, 1.807) is 4.68 Å². The largest absolute Gasteiger partial charge is 0.480 e. The van der Waals surface area contributed by atoms with Gasteiger partial charge < -0.3 is 15.2 Å². The first-order valence-corrected chi connectivity index (χ1v) is 7.18. The van der Waals surface area contributed by atoms with Crippen molar-refractivity contribution >= 4 is 11.9 Å². The highest BCUT2D eigenvalue weighted by atomic mass is 16.5. The summed E-state index contributed by atoms with van der Waals surface area (Å²) < 4.78 is 6.58. The van der Waals surface area contributed by atoms with Gasteiger partial charge in [0.1, 0.15) is 6.61 Å². The van der Waals surface area contributed by atoms with Gasteiger partial charge in [-0.05, 0) is 31.5 Å². The van der Waals surface area contributed by atoms with Gasteiger partial charge in [0.25, 0.3) is 5.91 Å². The highest BCUT2D eigenvalue weighted by Crippen LogP contribution is 2.15. The Morgan fingerprint density at radius 1 is 1.35 bits per heavy atom. The lowest BCUT2D eigenvalue weighted by molar-refractivity contribution is -0.142. The van der Waals surface area contributed by atoms with Crippen molar-refractivity contribution < 1.29 is 19.4 Å². The third-order valence-corrected chi connectivity index (χ3v) is 3.26. The van der Waals surface area contributed by atoms with E-state index in [2.05, 4.69) is 10.4 Å². The number of hydrogen-bond acceptors (Lipinski definition) is 4. The molecule has 0 atom stereocenters. The molecule has 1 aromatic carbocycles. The molecule has 0 radical (unpaired) electrons. The minimum absolute atomic E-state index is 0.142. The van der Waals surface area contributed by atoms with Crippen LogP contribution in [0, 0.1) is 13.8 Å². The summed E-state index contributed by atoms with van der Waals surface area (Å²) in [5.41, 5.74) is 3.22. The number of carbonyl (C=O) groups excluding carboxylic acids is 1. The van der Waals surface area contributed by atoms with E-state index in [1.807, 2.05) is 38.1 Å². The molecule has 7 heteroatoms. The van der Waals surface area contributed by atoms with Crippen LogP contribution in [0.3, 0.4) is 0 Å². The highest BCUT2D eigenvalue weighted by molar-refractivity contribution is 5.95. The molecule has 0 aliphatic rings. The standard InChI is InChI=1S/C16H19N3O4/c1-11-4-3-5-13(8-11)19-12(2)14(9-18-19)16(22)17-6-7-23-10-15(20)21/h3-5,8-9H,6-7,10H2,1-2H3,(H,17,22)(H,20,21). The summed E-state index contributed by atoms with van der Waals surface area (Å²) in [5.74, 6) is -1.30. The van der Waals surface area contributed by atoms with E-state index in [9.17, 15) is 9.59 Å². The van der Waals surface area contributed by atoms with Crippen LogP contribution in [0.1, 0.15) is 21.6 Å². The van der Waals surface area contributed by atoms with Gasteiger partial charge in [-0.2, -0.15) is 5.10 Å². The van der Waals surface area contributed by atoms with Crippen LogP contribution in [0.4, 0.5) is 0 Å². The predicted octanol–water partition coefficient (Wildman–Crippen LogP) is 1.32. The minimum atomic E-state index is -1.04. The molecule has 0 saturated heterocycles. The third kappa shape index (κ3) is 4.40. The van der Waals surface area contributed by atoms with Gasteiger partial charge in [0.15, 0.2) is 0 Å². The lowest BCUT2D eigenvalue weighted by Gasteiger charge is -2.07. The molecule has 122 valence electrons. The lowest BCUT2D eigenvalue weighted by Crippen LogP contribution is -2.28. The van der Waals surface area contributed by atoms with Crippen LogP contribution in [0.25, 0.3) is 5.69 Å². The van der Waals surface area contributed by atoms with Crippen LogP contribution in [-0.2, 0) is 9.53 Å². The van der Waals surface area contributed by atoms with Crippen molar-refractivity contribution in [1.82, 2.24) is 15.1 Å². The van der Waals surface area contributed by atoms with Crippen LogP contribution in [0.5, 0.6) is 0 Å². The van der Waals surface area contributed by atoms with Crippen molar-refractivity contribution in [3.8, 4) is 5.69 Å². The molecule has 0 aliphatic carbocycles. The Hall–Kier alpha value is -2.67. The van der Waals surface area contributed by atoms with Crippen LogP contribution in [0.2, 0.25) is 0 Å². The molecule has 0 spiro atoms. The highest BCUT2D eigenvalue weighted by Gasteiger charge is 2.14. The van der Waals surface area contributed by atoms with Crippen molar-refractivity contribution in [2.75, 3.05) is 19.8 Å². The van der Waals surface area contributed by atoms with Gasteiger partial charge in [-0.1, -0.05) is 12.1 Å². The molecule has 1 aromatic heterocycles. The van der Waals surface area contributed by atoms with E-state index in [4.69, 9.17) is 9.84 Å². The maximum atomic E-state index is 12.1. The molecule has 0 bridgehead atoms. The SMILES string of the molecule is Cc1cccc(-n2ncc(C(=O)NCCOCC(=O)O)c2C)c1. The van der Waals surface area contributed by atoms with Gasteiger partial charge in [0, 0.05) is 6.54 Å². The Morgan fingerprint density at radius 2 is 2.13 bits per heavy atom. The molecule has 0 fully saturated rings. The van der Waals surface area contributed by atoms with Crippen molar-refractivity contribution in [2.45, 2.75) is 13.8 Å². The molecule has 0 aliphatic heterocycles. The number of carboxylic acids is 1. The number of carboxylic acid groups (broad SMARTS) is 1. The summed E-state index contributed by atoms with van der Waals surface area (Å²) >= 11 is 0. The zero-order valence-electron chi connectivity index (χ0n) is 13.1. The summed E-state index contributed by atoms with van der Waals surface area (Å²) in [4.78, 5) is 22.4. The summed E-state index contributed by atoms with van der Waals surface area (Å²) in [6, 6.07) is 7.84. The Balaban J connectivity index is 1.98. The number of rotatable bonds is 7. The number of benzene rings is 1.